The number of halogens is 3. The molecule has 1 amide bonds. The Labute approximate surface area is 221 Å². The number of fused-ring (bicyclic) bond motifs is 1. The van der Waals surface area contributed by atoms with Crippen molar-refractivity contribution in [2.45, 2.75) is 0 Å². The van der Waals surface area contributed by atoms with Gasteiger partial charge in [0.15, 0.2) is 18.1 Å². The summed E-state index contributed by atoms with van der Waals surface area (Å²) >= 11 is 17.9. The molecule has 2 aromatic heterocycles. The molecule has 0 aliphatic carbocycles. The van der Waals surface area contributed by atoms with Gasteiger partial charge in [0.25, 0.3) is 5.91 Å². The highest BCUT2D eigenvalue weighted by molar-refractivity contribution is 6.43. The second-order valence-corrected chi connectivity index (χ2v) is 8.44. The SMILES string of the molecule is COc1ccc(OC)c(-c2nnc3ccc(OCCNC(=O)COc4cc(Cl)c(Cl)cc4Cl)nn23)c1. The third-order valence-corrected chi connectivity index (χ3v) is 5.91. The molecule has 0 radical (unpaired) electrons. The maximum atomic E-state index is 12.1. The molecule has 36 heavy (non-hydrogen) atoms. The van der Waals surface area contributed by atoms with Crippen LogP contribution in [0.25, 0.3) is 17.0 Å². The zero-order valence-corrected chi connectivity index (χ0v) is 21.4. The van der Waals surface area contributed by atoms with E-state index in [-0.39, 0.29) is 41.5 Å². The van der Waals surface area contributed by atoms with Crippen LogP contribution in [0.3, 0.4) is 0 Å². The van der Waals surface area contributed by atoms with Crippen molar-refractivity contribution < 1.29 is 23.7 Å². The summed E-state index contributed by atoms with van der Waals surface area (Å²) in [5.41, 5.74) is 1.18. The van der Waals surface area contributed by atoms with E-state index in [1.165, 1.54) is 12.1 Å². The van der Waals surface area contributed by atoms with Gasteiger partial charge in [0.05, 0.1) is 41.4 Å². The molecule has 1 N–H and O–H groups in total. The Morgan fingerprint density at radius 2 is 1.72 bits per heavy atom. The molecule has 0 atom stereocenters. The van der Waals surface area contributed by atoms with Crippen LogP contribution in [-0.2, 0) is 4.79 Å². The molecule has 0 saturated carbocycles. The molecule has 13 heteroatoms. The number of nitrogens with one attached hydrogen (secondary N) is 1. The van der Waals surface area contributed by atoms with E-state index in [1.54, 1.807) is 49.1 Å². The smallest absolute Gasteiger partial charge is 0.258 e. The topological polar surface area (TPSA) is 109 Å². The van der Waals surface area contributed by atoms with E-state index in [0.29, 0.717) is 39.4 Å². The van der Waals surface area contributed by atoms with E-state index in [1.807, 2.05) is 0 Å². The molecule has 0 aliphatic heterocycles. The Morgan fingerprint density at radius 1 is 0.917 bits per heavy atom. The minimum atomic E-state index is -0.365. The van der Waals surface area contributed by atoms with Crippen molar-refractivity contribution in [2.24, 2.45) is 0 Å². The number of hydrogen-bond acceptors (Lipinski definition) is 8. The van der Waals surface area contributed by atoms with Crippen molar-refractivity contribution in [3.63, 3.8) is 0 Å². The number of hydrogen-bond donors (Lipinski definition) is 1. The number of carbonyl (C=O) groups excluding carboxylic acids is 1. The first-order valence-electron chi connectivity index (χ1n) is 10.5. The summed E-state index contributed by atoms with van der Waals surface area (Å²) in [6.45, 7) is 0.127. The van der Waals surface area contributed by atoms with Crippen LogP contribution in [0.1, 0.15) is 0 Å². The lowest BCUT2D eigenvalue weighted by molar-refractivity contribution is -0.123. The van der Waals surface area contributed by atoms with Gasteiger partial charge in [-0.25, -0.2) is 0 Å². The summed E-state index contributed by atoms with van der Waals surface area (Å²) in [6.07, 6.45) is 0. The standard InChI is InChI=1S/C23H20Cl3N5O5/c1-33-13-3-4-18(34-2)14(9-13)23-29-28-20-5-6-22(30-31(20)23)35-8-7-27-21(32)12-36-19-11-16(25)15(24)10-17(19)26/h3-6,9-11H,7-8,12H2,1-2H3,(H,27,32). The lowest BCUT2D eigenvalue weighted by atomic mass is 10.2. The van der Waals surface area contributed by atoms with Crippen LogP contribution in [0, 0.1) is 0 Å². The highest BCUT2D eigenvalue weighted by Gasteiger charge is 2.16. The Bertz CT molecular complexity index is 1400. The lowest BCUT2D eigenvalue weighted by Crippen LogP contribution is -2.32. The fraction of sp³-hybridized carbons (Fsp3) is 0.217. The maximum Gasteiger partial charge on any atom is 0.258 e. The average Bonchev–Trinajstić information content (AvgIpc) is 3.30. The van der Waals surface area contributed by atoms with Gasteiger partial charge in [-0.15, -0.1) is 15.3 Å². The van der Waals surface area contributed by atoms with Crippen molar-refractivity contribution >= 4 is 46.4 Å². The highest BCUT2D eigenvalue weighted by atomic mass is 35.5. The van der Waals surface area contributed by atoms with Crippen LogP contribution in [0.2, 0.25) is 15.1 Å². The molecule has 10 nitrogen and oxygen atoms in total. The molecule has 0 aliphatic rings. The summed E-state index contributed by atoms with van der Waals surface area (Å²) in [5, 5.41) is 16.3. The number of aromatic nitrogens is 4. The van der Waals surface area contributed by atoms with E-state index < -0.39 is 0 Å². The largest absolute Gasteiger partial charge is 0.497 e. The first-order valence-corrected chi connectivity index (χ1v) is 11.6. The Morgan fingerprint density at radius 3 is 2.50 bits per heavy atom. The van der Waals surface area contributed by atoms with Gasteiger partial charge in [0.1, 0.15) is 23.9 Å². The van der Waals surface area contributed by atoms with Gasteiger partial charge in [-0.3, -0.25) is 4.79 Å². The lowest BCUT2D eigenvalue weighted by Gasteiger charge is -2.11. The van der Waals surface area contributed by atoms with Gasteiger partial charge in [0.2, 0.25) is 5.88 Å². The average molecular weight is 553 g/mol. The number of amides is 1. The van der Waals surface area contributed by atoms with Crippen LogP contribution in [0.5, 0.6) is 23.1 Å². The summed E-state index contributed by atoms with van der Waals surface area (Å²) in [7, 11) is 3.14. The molecular formula is C23H20Cl3N5O5. The molecule has 2 heterocycles. The summed E-state index contributed by atoms with van der Waals surface area (Å²) in [4.78, 5) is 12.1. The Hall–Kier alpha value is -3.47. The zero-order chi connectivity index (χ0) is 25.7. The number of methoxy groups -OCH3 is 2. The second-order valence-electron chi connectivity index (χ2n) is 7.22. The number of carbonyl (C=O) groups is 1. The fourth-order valence-electron chi connectivity index (χ4n) is 3.16. The fourth-order valence-corrected chi connectivity index (χ4v) is 3.75. The third kappa shape index (κ3) is 5.84. The van der Waals surface area contributed by atoms with Crippen LogP contribution in [0.15, 0.2) is 42.5 Å². The minimum Gasteiger partial charge on any atom is -0.497 e. The maximum absolute atomic E-state index is 12.1. The summed E-state index contributed by atoms with van der Waals surface area (Å²) < 4.78 is 23.4. The summed E-state index contributed by atoms with van der Waals surface area (Å²) in [5.74, 6) is 1.89. The van der Waals surface area contributed by atoms with Gasteiger partial charge in [0, 0.05) is 12.1 Å². The normalized spacial score (nSPS) is 10.8. The van der Waals surface area contributed by atoms with E-state index in [9.17, 15) is 4.79 Å². The van der Waals surface area contributed by atoms with Crippen LogP contribution < -0.4 is 24.3 Å². The van der Waals surface area contributed by atoms with Gasteiger partial charge in [-0.2, -0.15) is 4.52 Å². The van der Waals surface area contributed by atoms with Crippen molar-refractivity contribution in [1.29, 1.82) is 0 Å². The Kier molecular flexibility index (Phi) is 8.19. The number of ether oxygens (including phenoxy) is 4. The van der Waals surface area contributed by atoms with E-state index >= 15 is 0 Å². The number of benzene rings is 2. The highest BCUT2D eigenvalue weighted by Crippen LogP contribution is 2.34. The van der Waals surface area contributed by atoms with Gasteiger partial charge >= 0.3 is 0 Å². The van der Waals surface area contributed by atoms with Crippen LogP contribution >= 0.6 is 34.8 Å². The van der Waals surface area contributed by atoms with E-state index in [4.69, 9.17) is 53.8 Å². The molecule has 188 valence electrons. The zero-order valence-electron chi connectivity index (χ0n) is 19.1. The summed E-state index contributed by atoms with van der Waals surface area (Å²) in [6, 6.07) is 11.6. The molecule has 0 fully saturated rings. The van der Waals surface area contributed by atoms with Crippen molar-refractivity contribution in [1.82, 2.24) is 25.1 Å². The van der Waals surface area contributed by atoms with Crippen LogP contribution in [0.4, 0.5) is 0 Å². The Balaban J connectivity index is 1.35. The van der Waals surface area contributed by atoms with Gasteiger partial charge in [-0.05, 0) is 30.3 Å². The first-order chi connectivity index (χ1) is 17.4. The third-order valence-electron chi connectivity index (χ3n) is 4.89. The molecule has 0 unspecified atom stereocenters. The molecule has 0 saturated heterocycles. The van der Waals surface area contributed by atoms with Crippen molar-refractivity contribution in [3.8, 4) is 34.5 Å². The minimum absolute atomic E-state index is 0.164. The molecule has 0 spiro atoms. The number of rotatable bonds is 10. The van der Waals surface area contributed by atoms with E-state index in [0.717, 1.165) is 0 Å². The molecular weight excluding hydrogens is 533 g/mol. The molecule has 4 rings (SSSR count). The first kappa shape index (κ1) is 25.6. The quantitative estimate of drug-likeness (QED) is 0.229. The molecule has 2 aromatic carbocycles. The van der Waals surface area contributed by atoms with Crippen molar-refractivity contribution in [2.75, 3.05) is 34.0 Å². The van der Waals surface area contributed by atoms with E-state index in [2.05, 4.69) is 20.6 Å². The van der Waals surface area contributed by atoms with Gasteiger partial charge in [-0.1, -0.05) is 34.8 Å². The second kappa shape index (κ2) is 11.5. The molecule has 4 aromatic rings. The monoisotopic (exact) mass is 551 g/mol. The van der Waals surface area contributed by atoms with Crippen molar-refractivity contribution in [3.05, 3.63) is 57.5 Å². The van der Waals surface area contributed by atoms with Gasteiger partial charge < -0.3 is 24.3 Å². The van der Waals surface area contributed by atoms with Crippen LogP contribution in [-0.4, -0.2) is 59.7 Å². The predicted molar refractivity (Wildman–Crippen MR) is 135 cm³/mol. The number of nitrogens with zero attached hydrogens (tertiary/aromatic N) is 4. The molecule has 0 bridgehead atoms. The predicted octanol–water partition coefficient (Wildman–Crippen LogP) is 4.34.